The standard InChI is InChI=1S/C18H14N2O2S/c21-17-16(22-14-9-5-2-6-10-14)15(13-7-3-1-4-8-13)20(17)18-19-11-12-23-18/h1-12,15-16H. The first-order valence-electron chi connectivity index (χ1n) is 7.34. The molecule has 5 heteroatoms. The fourth-order valence-electron chi connectivity index (χ4n) is 2.75. The highest BCUT2D eigenvalue weighted by atomic mass is 32.1. The average molecular weight is 322 g/mol. The number of para-hydroxylation sites is 1. The van der Waals surface area contributed by atoms with Gasteiger partial charge in [0.15, 0.2) is 5.13 Å². The molecule has 1 saturated heterocycles. The second-order valence-corrected chi connectivity index (χ2v) is 6.10. The Labute approximate surface area is 138 Å². The zero-order valence-electron chi connectivity index (χ0n) is 12.2. The van der Waals surface area contributed by atoms with Crippen LogP contribution in [0.4, 0.5) is 5.13 Å². The first-order valence-corrected chi connectivity index (χ1v) is 8.22. The van der Waals surface area contributed by atoms with Crippen molar-refractivity contribution in [3.8, 4) is 5.75 Å². The Kier molecular flexibility index (Phi) is 3.55. The molecule has 2 unspecified atom stereocenters. The van der Waals surface area contributed by atoms with E-state index in [1.807, 2.05) is 66.0 Å². The number of benzene rings is 2. The van der Waals surface area contributed by atoms with Crippen LogP contribution in [0, 0.1) is 0 Å². The highest BCUT2D eigenvalue weighted by Crippen LogP contribution is 2.41. The van der Waals surface area contributed by atoms with Crippen LogP contribution in [-0.2, 0) is 4.79 Å². The summed E-state index contributed by atoms with van der Waals surface area (Å²) in [7, 11) is 0. The SMILES string of the molecule is O=C1C(Oc2ccccc2)C(c2ccccc2)N1c1nccs1. The van der Waals surface area contributed by atoms with Gasteiger partial charge in [0.1, 0.15) is 11.8 Å². The summed E-state index contributed by atoms with van der Waals surface area (Å²) < 4.78 is 5.94. The number of β-lactam (4-membered cyclic amide) rings is 1. The van der Waals surface area contributed by atoms with Crippen LogP contribution < -0.4 is 9.64 Å². The van der Waals surface area contributed by atoms with E-state index in [9.17, 15) is 4.79 Å². The molecule has 1 aliphatic heterocycles. The highest BCUT2D eigenvalue weighted by molar-refractivity contribution is 7.13. The number of carbonyl (C=O) groups excluding carboxylic acids is 1. The van der Waals surface area contributed by atoms with Crippen LogP contribution in [-0.4, -0.2) is 17.0 Å². The average Bonchev–Trinajstić information content (AvgIpc) is 3.12. The number of nitrogens with zero attached hydrogens (tertiary/aromatic N) is 2. The number of carbonyl (C=O) groups is 1. The molecule has 0 spiro atoms. The second kappa shape index (κ2) is 5.85. The summed E-state index contributed by atoms with van der Waals surface area (Å²) in [5, 5.41) is 2.58. The number of amides is 1. The molecule has 2 atom stereocenters. The zero-order valence-corrected chi connectivity index (χ0v) is 13.0. The lowest BCUT2D eigenvalue weighted by atomic mass is 9.91. The van der Waals surface area contributed by atoms with Gasteiger partial charge in [-0.2, -0.15) is 0 Å². The quantitative estimate of drug-likeness (QED) is 0.688. The lowest BCUT2D eigenvalue weighted by molar-refractivity contribution is -0.135. The third kappa shape index (κ3) is 2.49. The fraction of sp³-hybridized carbons (Fsp3) is 0.111. The van der Waals surface area contributed by atoms with E-state index in [1.54, 1.807) is 11.1 Å². The Morgan fingerprint density at radius 1 is 1.00 bits per heavy atom. The molecular weight excluding hydrogens is 308 g/mol. The van der Waals surface area contributed by atoms with E-state index >= 15 is 0 Å². The van der Waals surface area contributed by atoms with E-state index < -0.39 is 6.10 Å². The fourth-order valence-corrected chi connectivity index (χ4v) is 3.43. The molecule has 0 saturated carbocycles. The third-order valence-corrected chi connectivity index (χ3v) is 4.59. The van der Waals surface area contributed by atoms with Gasteiger partial charge in [-0.1, -0.05) is 48.5 Å². The van der Waals surface area contributed by atoms with E-state index in [0.717, 1.165) is 5.56 Å². The Bertz CT molecular complexity index is 790. The number of hydrogen-bond donors (Lipinski definition) is 0. The monoisotopic (exact) mass is 322 g/mol. The van der Waals surface area contributed by atoms with Gasteiger partial charge in [-0.15, -0.1) is 11.3 Å². The number of ether oxygens (including phenoxy) is 1. The highest BCUT2D eigenvalue weighted by Gasteiger charge is 2.52. The van der Waals surface area contributed by atoms with Crippen molar-refractivity contribution in [2.24, 2.45) is 0 Å². The molecule has 114 valence electrons. The maximum Gasteiger partial charge on any atom is 0.273 e. The largest absolute Gasteiger partial charge is 0.478 e. The lowest BCUT2D eigenvalue weighted by Gasteiger charge is -2.45. The number of anilines is 1. The first-order chi connectivity index (χ1) is 11.3. The maximum atomic E-state index is 12.6. The molecule has 1 fully saturated rings. The topological polar surface area (TPSA) is 42.4 Å². The Morgan fingerprint density at radius 3 is 2.35 bits per heavy atom. The Balaban J connectivity index is 1.67. The summed E-state index contributed by atoms with van der Waals surface area (Å²) in [6, 6.07) is 19.2. The van der Waals surface area contributed by atoms with Gasteiger partial charge in [-0.3, -0.25) is 9.69 Å². The molecule has 0 bridgehead atoms. The van der Waals surface area contributed by atoms with E-state index in [-0.39, 0.29) is 11.9 Å². The van der Waals surface area contributed by atoms with Crippen molar-refractivity contribution in [1.29, 1.82) is 0 Å². The third-order valence-electron chi connectivity index (χ3n) is 3.82. The van der Waals surface area contributed by atoms with Gasteiger partial charge < -0.3 is 4.74 Å². The van der Waals surface area contributed by atoms with Crippen molar-refractivity contribution in [3.63, 3.8) is 0 Å². The number of thiazole rings is 1. The van der Waals surface area contributed by atoms with E-state index in [1.165, 1.54) is 11.3 Å². The van der Waals surface area contributed by atoms with Crippen molar-refractivity contribution >= 4 is 22.4 Å². The van der Waals surface area contributed by atoms with E-state index in [4.69, 9.17) is 4.74 Å². The summed E-state index contributed by atoms with van der Waals surface area (Å²) in [6.07, 6.45) is 1.18. The number of hydrogen-bond acceptors (Lipinski definition) is 4. The van der Waals surface area contributed by atoms with Gasteiger partial charge in [0.25, 0.3) is 5.91 Å². The van der Waals surface area contributed by atoms with Crippen molar-refractivity contribution in [2.45, 2.75) is 12.1 Å². The summed E-state index contributed by atoms with van der Waals surface area (Å²) in [6.45, 7) is 0. The molecule has 23 heavy (non-hydrogen) atoms. The summed E-state index contributed by atoms with van der Waals surface area (Å²) in [5.74, 6) is 0.642. The number of aromatic nitrogens is 1. The van der Waals surface area contributed by atoms with Crippen LogP contribution in [0.15, 0.2) is 72.2 Å². The van der Waals surface area contributed by atoms with Crippen LogP contribution in [0.25, 0.3) is 0 Å². The minimum absolute atomic E-state index is 0.0577. The van der Waals surface area contributed by atoms with Crippen molar-refractivity contribution in [2.75, 3.05) is 4.90 Å². The smallest absolute Gasteiger partial charge is 0.273 e. The van der Waals surface area contributed by atoms with Crippen molar-refractivity contribution in [1.82, 2.24) is 4.98 Å². The van der Waals surface area contributed by atoms with Crippen molar-refractivity contribution in [3.05, 3.63) is 77.8 Å². The first kappa shape index (κ1) is 14.0. The van der Waals surface area contributed by atoms with Gasteiger partial charge in [0, 0.05) is 11.6 Å². The molecule has 4 rings (SSSR count). The van der Waals surface area contributed by atoms with Gasteiger partial charge in [0.05, 0.1) is 0 Å². The molecular formula is C18H14N2O2S. The van der Waals surface area contributed by atoms with Gasteiger partial charge in [0.2, 0.25) is 6.10 Å². The predicted octanol–water partition coefficient (Wildman–Crippen LogP) is 3.68. The molecule has 4 nitrogen and oxygen atoms in total. The van der Waals surface area contributed by atoms with Gasteiger partial charge >= 0.3 is 0 Å². The van der Waals surface area contributed by atoms with Crippen LogP contribution >= 0.6 is 11.3 Å². The Hall–Kier alpha value is -2.66. The normalized spacial score (nSPS) is 20.2. The minimum Gasteiger partial charge on any atom is -0.478 e. The molecule has 1 aliphatic rings. The molecule has 2 aromatic carbocycles. The lowest BCUT2D eigenvalue weighted by Crippen LogP contribution is -2.61. The molecule has 0 aliphatic carbocycles. The van der Waals surface area contributed by atoms with Crippen LogP contribution in [0.1, 0.15) is 11.6 Å². The second-order valence-electron chi connectivity index (χ2n) is 5.23. The predicted molar refractivity (Wildman–Crippen MR) is 89.6 cm³/mol. The van der Waals surface area contributed by atoms with Crippen LogP contribution in [0.2, 0.25) is 0 Å². The maximum absolute atomic E-state index is 12.6. The summed E-state index contributed by atoms with van der Waals surface area (Å²) in [4.78, 5) is 18.6. The molecule has 3 aromatic rings. The van der Waals surface area contributed by atoms with E-state index in [2.05, 4.69) is 4.98 Å². The van der Waals surface area contributed by atoms with E-state index in [0.29, 0.717) is 10.9 Å². The molecule has 1 aromatic heterocycles. The summed E-state index contributed by atoms with van der Waals surface area (Å²) in [5.41, 5.74) is 1.04. The number of rotatable bonds is 4. The van der Waals surface area contributed by atoms with Gasteiger partial charge in [-0.25, -0.2) is 4.98 Å². The van der Waals surface area contributed by atoms with Gasteiger partial charge in [-0.05, 0) is 17.7 Å². The Morgan fingerprint density at radius 2 is 1.70 bits per heavy atom. The molecule has 0 radical (unpaired) electrons. The van der Waals surface area contributed by atoms with Crippen LogP contribution in [0.5, 0.6) is 5.75 Å². The van der Waals surface area contributed by atoms with Crippen molar-refractivity contribution < 1.29 is 9.53 Å². The molecule has 0 N–H and O–H groups in total. The molecule has 1 amide bonds. The van der Waals surface area contributed by atoms with Crippen LogP contribution in [0.3, 0.4) is 0 Å². The minimum atomic E-state index is -0.524. The summed E-state index contributed by atoms with van der Waals surface area (Å²) >= 11 is 1.46. The molecule has 2 heterocycles. The zero-order chi connectivity index (χ0) is 15.6.